The quantitative estimate of drug-likeness (QED) is 0.720. The van der Waals surface area contributed by atoms with Crippen LogP contribution in [0.1, 0.15) is 38.0 Å². The number of rotatable bonds is 5. The largest absolute Gasteiger partial charge is 0.425 e. The molecule has 2 aromatic heterocycles. The number of anilines is 1. The molecule has 0 fully saturated rings. The molecule has 0 aliphatic carbocycles. The van der Waals surface area contributed by atoms with Crippen molar-refractivity contribution in [3.05, 3.63) is 36.0 Å². The molecule has 1 amide bonds. The molecule has 1 aromatic carbocycles. The van der Waals surface area contributed by atoms with Gasteiger partial charge in [0, 0.05) is 32.9 Å². The maximum absolute atomic E-state index is 12.5. The zero-order chi connectivity index (χ0) is 17.3. The molecular weight excluding hydrogens is 306 g/mol. The molecule has 0 atom stereocenters. The standard InChI is InChI=1S/C17H21N5O2/c1-11(2)16-20-19-14(24-16)9-10-15(23)22(4)17-18-12-7-5-6-8-13(12)21(17)3/h5-8,11H,9-10H2,1-4H3. The number of amides is 1. The van der Waals surface area contributed by atoms with Crippen molar-refractivity contribution in [1.82, 2.24) is 19.7 Å². The lowest BCUT2D eigenvalue weighted by Gasteiger charge is -2.15. The van der Waals surface area contributed by atoms with E-state index in [9.17, 15) is 4.79 Å². The van der Waals surface area contributed by atoms with Crippen LogP contribution in [0.25, 0.3) is 11.0 Å². The highest BCUT2D eigenvalue weighted by molar-refractivity contribution is 5.93. The van der Waals surface area contributed by atoms with E-state index in [0.29, 0.717) is 30.6 Å². The van der Waals surface area contributed by atoms with Gasteiger partial charge in [-0.1, -0.05) is 26.0 Å². The smallest absolute Gasteiger partial charge is 0.229 e. The van der Waals surface area contributed by atoms with Crippen molar-refractivity contribution in [3.63, 3.8) is 0 Å². The van der Waals surface area contributed by atoms with Gasteiger partial charge in [-0.05, 0) is 12.1 Å². The molecule has 0 unspecified atom stereocenters. The summed E-state index contributed by atoms with van der Waals surface area (Å²) in [5.41, 5.74) is 1.86. The first-order chi connectivity index (χ1) is 11.5. The molecule has 0 N–H and O–H groups in total. The van der Waals surface area contributed by atoms with E-state index in [1.54, 1.807) is 11.9 Å². The molecule has 2 heterocycles. The maximum Gasteiger partial charge on any atom is 0.229 e. The Hall–Kier alpha value is -2.70. The van der Waals surface area contributed by atoms with Crippen LogP contribution >= 0.6 is 0 Å². The molecule has 0 aliphatic heterocycles. The first-order valence-electron chi connectivity index (χ1n) is 7.97. The minimum Gasteiger partial charge on any atom is -0.425 e. The normalized spacial score (nSPS) is 11.4. The SMILES string of the molecule is CC(C)c1nnc(CCC(=O)N(C)c2nc3ccccc3n2C)o1. The van der Waals surface area contributed by atoms with E-state index in [4.69, 9.17) is 4.42 Å². The van der Waals surface area contributed by atoms with Crippen LogP contribution in [0.5, 0.6) is 0 Å². The van der Waals surface area contributed by atoms with Gasteiger partial charge in [-0.2, -0.15) is 0 Å². The number of nitrogens with zero attached hydrogens (tertiary/aromatic N) is 5. The second-order valence-corrected chi connectivity index (χ2v) is 6.10. The molecule has 0 aliphatic rings. The van der Waals surface area contributed by atoms with Crippen LogP contribution in [0.3, 0.4) is 0 Å². The van der Waals surface area contributed by atoms with Crippen molar-refractivity contribution in [2.75, 3.05) is 11.9 Å². The molecule has 7 heteroatoms. The number of fused-ring (bicyclic) bond motifs is 1. The number of aryl methyl sites for hydroxylation is 2. The third-order valence-electron chi connectivity index (χ3n) is 3.97. The van der Waals surface area contributed by atoms with Crippen LogP contribution in [0.15, 0.2) is 28.7 Å². The zero-order valence-corrected chi connectivity index (χ0v) is 14.4. The third kappa shape index (κ3) is 3.02. The summed E-state index contributed by atoms with van der Waals surface area (Å²) in [6, 6.07) is 7.80. The molecule has 3 rings (SSSR count). The highest BCUT2D eigenvalue weighted by atomic mass is 16.4. The van der Waals surface area contributed by atoms with E-state index in [0.717, 1.165) is 11.0 Å². The third-order valence-corrected chi connectivity index (χ3v) is 3.97. The van der Waals surface area contributed by atoms with Gasteiger partial charge < -0.3 is 8.98 Å². The van der Waals surface area contributed by atoms with E-state index in [2.05, 4.69) is 15.2 Å². The van der Waals surface area contributed by atoms with Gasteiger partial charge in [0.1, 0.15) is 0 Å². The van der Waals surface area contributed by atoms with Crippen LogP contribution in [0.4, 0.5) is 5.95 Å². The summed E-state index contributed by atoms with van der Waals surface area (Å²) in [6.45, 7) is 3.98. The summed E-state index contributed by atoms with van der Waals surface area (Å²) in [5, 5.41) is 7.97. The molecule has 7 nitrogen and oxygen atoms in total. The number of carbonyl (C=O) groups is 1. The first-order valence-corrected chi connectivity index (χ1v) is 7.97. The minimum atomic E-state index is -0.0438. The minimum absolute atomic E-state index is 0.0438. The fourth-order valence-electron chi connectivity index (χ4n) is 2.53. The van der Waals surface area contributed by atoms with Gasteiger partial charge in [0.15, 0.2) is 0 Å². The Morgan fingerprint density at radius 1 is 1.29 bits per heavy atom. The summed E-state index contributed by atoms with van der Waals surface area (Å²) in [7, 11) is 3.64. The lowest BCUT2D eigenvalue weighted by molar-refractivity contribution is -0.118. The second kappa shape index (κ2) is 6.43. The van der Waals surface area contributed by atoms with E-state index in [1.807, 2.05) is 49.7 Å². The average molecular weight is 327 g/mol. The van der Waals surface area contributed by atoms with Gasteiger partial charge in [-0.15, -0.1) is 10.2 Å². The summed E-state index contributed by atoms with van der Waals surface area (Å²) >= 11 is 0. The van der Waals surface area contributed by atoms with Gasteiger partial charge in [0.25, 0.3) is 0 Å². The Bertz CT molecular complexity index is 865. The molecule has 0 saturated heterocycles. The molecule has 3 aromatic rings. The Balaban J connectivity index is 1.70. The zero-order valence-electron chi connectivity index (χ0n) is 14.4. The van der Waals surface area contributed by atoms with Crippen molar-refractivity contribution in [2.45, 2.75) is 32.6 Å². The monoisotopic (exact) mass is 327 g/mol. The number of aromatic nitrogens is 4. The van der Waals surface area contributed by atoms with Crippen molar-refractivity contribution in [2.24, 2.45) is 7.05 Å². The highest BCUT2D eigenvalue weighted by Crippen LogP contribution is 2.21. The second-order valence-electron chi connectivity index (χ2n) is 6.10. The number of para-hydroxylation sites is 2. The van der Waals surface area contributed by atoms with Crippen molar-refractivity contribution in [3.8, 4) is 0 Å². The Kier molecular flexibility index (Phi) is 4.33. The summed E-state index contributed by atoms with van der Waals surface area (Å²) in [5.74, 6) is 1.85. The molecule has 24 heavy (non-hydrogen) atoms. The number of hydrogen-bond donors (Lipinski definition) is 0. The number of benzene rings is 1. The number of carbonyl (C=O) groups excluding carboxylic acids is 1. The molecule has 0 saturated carbocycles. The summed E-state index contributed by atoms with van der Waals surface area (Å²) in [6.07, 6.45) is 0.715. The Morgan fingerprint density at radius 3 is 2.71 bits per heavy atom. The van der Waals surface area contributed by atoms with Gasteiger partial charge >= 0.3 is 0 Å². The van der Waals surface area contributed by atoms with E-state index < -0.39 is 0 Å². The van der Waals surface area contributed by atoms with Crippen LogP contribution < -0.4 is 4.90 Å². The van der Waals surface area contributed by atoms with E-state index >= 15 is 0 Å². The maximum atomic E-state index is 12.5. The molecule has 126 valence electrons. The summed E-state index contributed by atoms with van der Waals surface area (Å²) < 4.78 is 7.45. The number of imidazole rings is 1. The predicted octanol–water partition coefficient (Wildman–Crippen LogP) is 2.68. The molecule has 0 radical (unpaired) electrons. The van der Waals surface area contributed by atoms with Crippen LogP contribution in [0.2, 0.25) is 0 Å². The fourth-order valence-corrected chi connectivity index (χ4v) is 2.53. The fraction of sp³-hybridized carbons (Fsp3) is 0.412. The topological polar surface area (TPSA) is 77.1 Å². The van der Waals surface area contributed by atoms with Gasteiger partial charge in [0.2, 0.25) is 23.6 Å². The molecular formula is C17H21N5O2. The van der Waals surface area contributed by atoms with Gasteiger partial charge in [-0.3, -0.25) is 9.69 Å². The Morgan fingerprint density at radius 2 is 2.04 bits per heavy atom. The predicted molar refractivity (Wildman–Crippen MR) is 90.8 cm³/mol. The van der Waals surface area contributed by atoms with E-state index in [1.165, 1.54) is 0 Å². The van der Waals surface area contributed by atoms with Crippen molar-refractivity contribution in [1.29, 1.82) is 0 Å². The Labute approximate surface area is 140 Å². The van der Waals surface area contributed by atoms with Gasteiger partial charge in [-0.25, -0.2) is 4.98 Å². The first kappa shape index (κ1) is 16.2. The summed E-state index contributed by atoms with van der Waals surface area (Å²) in [4.78, 5) is 18.6. The molecule has 0 spiro atoms. The van der Waals surface area contributed by atoms with Crippen molar-refractivity contribution >= 4 is 22.9 Å². The lowest BCUT2D eigenvalue weighted by Crippen LogP contribution is -2.28. The number of hydrogen-bond acceptors (Lipinski definition) is 5. The van der Waals surface area contributed by atoms with Crippen LogP contribution in [-0.4, -0.2) is 32.7 Å². The van der Waals surface area contributed by atoms with E-state index in [-0.39, 0.29) is 11.8 Å². The van der Waals surface area contributed by atoms with Crippen LogP contribution in [-0.2, 0) is 18.3 Å². The lowest BCUT2D eigenvalue weighted by atomic mass is 10.2. The van der Waals surface area contributed by atoms with Gasteiger partial charge in [0.05, 0.1) is 11.0 Å². The van der Waals surface area contributed by atoms with Crippen molar-refractivity contribution < 1.29 is 9.21 Å². The van der Waals surface area contributed by atoms with Crippen LogP contribution in [0, 0.1) is 0 Å². The highest BCUT2D eigenvalue weighted by Gasteiger charge is 2.18. The average Bonchev–Trinajstić information content (AvgIpc) is 3.17. The molecule has 0 bridgehead atoms.